The van der Waals surface area contributed by atoms with E-state index in [0.29, 0.717) is 16.6 Å². The van der Waals surface area contributed by atoms with E-state index in [0.717, 1.165) is 37.5 Å². The number of nitrogens with two attached hydrogens (primary N) is 1. The Balaban J connectivity index is 1.71. The van der Waals surface area contributed by atoms with E-state index in [4.69, 9.17) is 10.5 Å². The van der Waals surface area contributed by atoms with Gasteiger partial charge < -0.3 is 15.8 Å². The summed E-state index contributed by atoms with van der Waals surface area (Å²) in [7, 11) is 0. The van der Waals surface area contributed by atoms with Gasteiger partial charge in [-0.05, 0) is 45.7 Å². The van der Waals surface area contributed by atoms with Gasteiger partial charge in [0.05, 0.1) is 23.1 Å². The molecule has 0 unspecified atom stereocenters. The van der Waals surface area contributed by atoms with Crippen LogP contribution in [0.3, 0.4) is 0 Å². The van der Waals surface area contributed by atoms with Crippen LogP contribution in [0, 0.1) is 6.92 Å². The normalized spacial score (nSPS) is 20.2. The largest absolute Gasteiger partial charge is 0.459 e. The van der Waals surface area contributed by atoms with Crippen molar-refractivity contribution in [3.8, 4) is 0 Å². The number of anilines is 1. The fraction of sp³-hybridized carbons (Fsp3) is 0.632. The fourth-order valence-electron chi connectivity index (χ4n) is 3.92. The van der Waals surface area contributed by atoms with Gasteiger partial charge in [0, 0.05) is 25.7 Å². The molecule has 2 aliphatic rings. The van der Waals surface area contributed by atoms with Crippen LogP contribution in [0.5, 0.6) is 0 Å². The van der Waals surface area contributed by atoms with Crippen molar-refractivity contribution in [2.75, 3.05) is 38.0 Å². The molecular weight excluding hydrogens is 380 g/mol. The van der Waals surface area contributed by atoms with Crippen LogP contribution in [-0.2, 0) is 9.53 Å². The first-order valence-electron chi connectivity index (χ1n) is 9.66. The van der Waals surface area contributed by atoms with Crippen LogP contribution >= 0.6 is 11.3 Å². The van der Waals surface area contributed by atoms with Crippen molar-refractivity contribution in [1.29, 1.82) is 0 Å². The minimum Gasteiger partial charge on any atom is -0.459 e. The summed E-state index contributed by atoms with van der Waals surface area (Å²) in [5, 5.41) is 3.12. The number of amides is 2. The summed E-state index contributed by atoms with van der Waals surface area (Å²) in [6, 6.07) is 0.531. The quantitative estimate of drug-likeness (QED) is 0.690. The maximum absolute atomic E-state index is 12.6. The molecule has 1 atom stereocenters. The molecular formula is C19H28N4O4S. The first-order valence-corrected chi connectivity index (χ1v) is 10.5. The molecule has 1 aromatic heterocycles. The molecule has 28 heavy (non-hydrogen) atoms. The van der Waals surface area contributed by atoms with Gasteiger partial charge in [-0.25, -0.2) is 4.79 Å². The maximum Gasteiger partial charge on any atom is 0.341 e. The van der Waals surface area contributed by atoms with Gasteiger partial charge in [0.2, 0.25) is 5.91 Å². The number of hydrogen-bond acceptors (Lipinski definition) is 7. The van der Waals surface area contributed by atoms with Gasteiger partial charge in [0.1, 0.15) is 5.00 Å². The first kappa shape index (κ1) is 20.8. The minimum absolute atomic E-state index is 0.206. The Morgan fingerprint density at radius 2 is 2.04 bits per heavy atom. The predicted octanol–water partition coefficient (Wildman–Crippen LogP) is 1.44. The van der Waals surface area contributed by atoms with Crippen LogP contribution in [0.1, 0.15) is 52.3 Å². The highest BCUT2D eigenvalue weighted by Crippen LogP contribution is 2.33. The van der Waals surface area contributed by atoms with Crippen LogP contribution in [0.15, 0.2) is 0 Å². The zero-order chi connectivity index (χ0) is 20.4. The second kappa shape index (κ2) is 8.59. The fourth-order valence-corrected chi connectivity index (χ4v) is 4.99. The molecule has 2 fully saturated rings. The van der Waals surface area contributed by atoms with Crippen LogP contribution in [0.4, 0.5) is 5.00 Å². The molecule has 2 amide bonds. The van der Waals surface area contributed by atoms with E-state index in [1.54, 1.807) is 20.8 Å². The molecule has 2 aliphatic heterocycles. The Labute approximate surface area is 169 Å². The van der Waals surface area contributed by atoms with E-state index in [1.165, 1.54) is 12.8 Å². The second-order valence-corrected chi connectivity index (χ2v) is 8.71. The molecule has 9 heteroatoms. The number of esters is 1. The van der Waals surface area contributed by atoms with Gasteiger partial charge in [-0.3, -0.25) is 19.4 Å². The molecule has 0 radical (unpaired) electrons. The van der Waals surface area contributed by atoms with Crippen molar-refractivity contribution >= 4 is 34.1 Å². The number of ether oxygens (including phenoxy) is 1. The van der Waals surface area contributed by atoms with Gasteiger partial charge in [0.25, 0.3) is 5.91 Å². The molecule has 2 saturated heterocycles. The Kier molecular flexibility index (Phi) is 6.36. The number of hydrogen-bond donors (Lipinski definition) is 2. The van der Waals surface area contributed by atoms with Crippen molar-refractivity contribution in [1.82, 2.24) is 9.80 Å². The highest BCUT2D eigenvalue weighted by Gasteiger charge is 2.32. The Hall–Kier alpha value is -1.97. The molecule has 154 valence electrons. The lowest BCUT2D eigenvalue weighted by Gasteiger charge is -2.37. The average molecular weight is 409 g/mol. The smallest absolute Gasteiger partial charge is 0.341 e. The minimum atomic E-state index is -0.626. The molecule has 0 saturated carbocycles. The Bertz CT molecular complexity index is 776. The number of piperazine rings is 1. The van der Waals surface area contributed by atoms with Crippen molar-refractivity contribution in [2.24, 2.45) is 5.73 Å². The standard InChI is InChI=1S/C19H28N4O4S/c1-11(2)27-19(26)15-12(3)16(17(20)25)28-18(15)21-14(24)10-22-7-8-23-6-4-5-13(23)9-22/h11,13H,4-10H2,1-3H3,(H2,20,25)(H,21,24)/t13-/m1/s1. The van der Waals surface area contributed by atoms with E-state index in [-0.39, 0.29) is 29.0 Å². The summed E-state index contributed by atoms with van der Waals surface area (Å²) in [6.45, 7) is 9.25. The number of nitrogens with zero attached hydrogens (tertiary/aromatic N) is 2. The summed E-state index contributed by atoms with van der Waals surface area (Å²) >= 11 is 1.02. The van der Waals surface area contributed by atoms with Gasteiger partial charge in [-0.2, -0.15) is 0 Å². The van der Waals surface area contributed by atoms with E-state index >= 15 is 0 Å². The first-order chi connectivity index (χ1) is 13.3. The van der Waals surface area contributed by atoms with Gasteiger partial charge >= 0.3 is 5.97 Å². The molecule has 3 N–H and O–H groups in total. The average Bonchev–Trinajstić information content (AvgIpc) is 3.18. The highest BCUT2D eigenvalue weighted by molar-refractivity contribution is 7.18. The summed E-state index contributed by atoms with van der Waals surface area (Å²) in [4.78, 5) is 41.7. The zero-order valence-corrected chi connectivity index (χ0v) is 17.4. The number of thiophene rings is 1. The molecule has 0 aromatic carbocycles. The van der Waals surface area contributed by atoms with E-state index in [2.05, 4.69) is 15.1 Å². The maximum atomic E-state index is 12.6. The molecule has 8 nitrogen and oxygen atoms in total. The highest BCUT2D eigenvalue weighted by atomic mass is 32.1. The van der Waals surface area contributed by atoms with Gasteiger partial charge in [0.15, 0.2) is 0 Å². The third kappa shape index (κ3) is 4.53. The summed E-state index contributed by atoms with van der Waals surface area (Å²) in [5.41, 5.74) is 6.07. The molecule has 1 aromatic rings. The number of fused-ring (bicyclic) bond motifs is 1. The molecule has 0 bridgehead atoms. The molecule has 0 spiro atoms. The Morgan fingerprint density at radius 1 is 1.29 bits per heavy atom. The summed E-state index contributed by atoms with van der Waals surface area (Å²) in [6.07, 6.45) is 2.08. The summed E-state index contributed by atoms with van der Waals surface area (Å²) in [5.74, 6) is -1.40. The monoisotopic (exact) mass is 408 g/mol. The third-order valence-corrected chi connectivity index (χ3v) is 6.43. The number of rotatable bonds is 6. The molecule has 0 aliphatic carbocycles. The van der Waals surface area contributed by atoms with Crippen molar-refractivity contribution in [2.45, 2.75) is 45.8 Å². The summed E-state index contributed by atoms with van der Waals surface area (Å²) < 4.78 is 5.28. The van der Waals surface area contributed by atoms with Crippen LogP contribution in [0.2, 0.25) is 0 Å². The van der Waals surface area contributed by atoms with E-state index < -0.39 is 11.9 Å². The van der Waals surface area contributed by atoms with Crippen LogP contribution in [-0.4, -0.2) is 72.5 Å². The van der Waals surface area contributed by atoms with Gasteiger partial charge in [-0.15, -0.1) is 11.3 Å². The van der Waals surface area contributed by atoms with E-state index in [9.17, 15) is 14.4 Å². The van der Waals surface area contributed by atoms with Crippen molar-refractivity contribution < 1.29 is 19.1 Å². The van der Waals surface area contributed by atoms with Crippen molar-refractivity contribution in [3.63, 3.8) is 0 Å². The van der Waals surface area contributed by atoms with E-state index in [1.807, 2.05) is 0 Å². The topological polar surface area (TPSA) is 105 Å². The number of primary amides is 1. The number of carbonyl (C=O) groups excluding carboxylic acids is 3. The van der Waals surface area contributed by atoms with Crippen molar-refractivity contribution in [3.05, 3.63) is 16.0 Å². The van der Waals surface area contributed by atoms with Crippen LogP contribution in [0.25, 0.3) is 0 Å². The van der Waals surface area contributed by atoms with Gasteiger partial charge in [-0.1, -0.05) is 0 Å². The molecule has 3 heterocycles. The van der Waals surface area contributed by atoms with Crippen LogP contribution < -0.4 is 11.1 Å². The lowest BCUT2D eigenvalue weighted by atomic mass is 10.1. The lowest BCUT2D eigenvalue weighted by molar-refractivity contribution is -0.117. The lowest BCUT2D eigenvalue weighted by Crippen LogP contribution is -2.51. The zero-order valence-electron chi connectivity index (χ0n) is 16.6. The molecule has 3 rings (SSSR count). The number of nitrogens with one attached hydrogen (secondary N) is 1. The SMILES string of the molecule is Cc1c(C(N)=O)sc(NC(=O)CN2CCN3CCC[C@@H]3C2)c1C(=O)OC(C)C. The number of carbonyl (C=O) groups is 3. The second-order valence-electron chi connectivity index (χ2n) is 7.69. The predicted molar refractivity (Wildman–Crippen MR) is 108 cm³/mol. The Morgan fingerprint density at radius 3 is 2.71 bits per heavy atom. The third-order valence-electron chi connectivity index (χ3n) is 5.21.